The molecule has 0 radical (unpaired) electrons. The van der Waals surface area contributed by atoms with Gasteiger partial charge in [0.15, 0.2) is 0 Å². The van der Waals surface area contributed by atoms with Crippen molar-refractivity contribution in [3.8, 4) is 0 Å². The van der Waals surface area contributed by atoms with Gasteiger partial charge in [0, 0.05) is 11.8 Å². The van der Waals surface area contributed by atoms with Crippen LogP contribution in [0.1, 0.15) is 40.5 Å². The highest BCUT2D eigenvalue weighted by molar-refractivity contribution is 5.71. The Morgan fingerprint density at radius 3 is 2.67 bits per heavy atom. The van der Waals surface area contributed by atoms with Crippen molar-refractivity contribution in [3.63, 3.8) is 0 Å². The first-order valence-corrected chi connectivity index (χ1v) is 4.68. The molecule has 2 nitrogen and oxygen atoms in total. The first-order valence-electron chi connectivity index (χ1n) is 4.68. The summed E-state index contributed by atoms with van der Waals surface area (Å²) in [7, 11) is 0. The van der Waals surface area contributed by atoms with Crippen LogP contribution in [0.5, 0.6) is 0 Å². The van der Waals surface area contributed by atoms with Crippen molar-refractivity contribution >= 4 is 5.97 Å². The van der Waals surface area contributed by atoms with E-state index < -0.39 is 0 Å². The van der Waals surface area contributed by atoms with Crippen molar-refractivity contribution in [1.82, 2.24) is 0 Å². The summed E-state index contributed by atoms with van der Waals surface area (Å²) < 4.78 is 5.28. The molecule has 1 fully saturated rings. The van der Waals surface area contributed by atoms with E-state index in [0.717, 1.165) is 6.42 Å². The van der Waals surface area contributed by atoms with Gasteiger partial charge in [-0.25, -0.2) is 0 Å². The van der Waals surface area contributed by atoms with Gasteiger partial charge < -0.3 is 4.74 Å². The molecule has 2 heteroatoms. The summed E-state index contributed by atoms with van der Waals surface area (Å²) in [6.07, 6.45) is 1.60. The monoisotopic (exact) mass is 170 g/mol. The zero-order valence-corrected chi connectivity index (χ0v) is 8.39. The van der Waals surface area contributed by atoms with Gasteiger partial charge >= 0.3 is 5.97 Å². The first-order chi connectivity index (χ1) is 5.48. The van der Waals surface area contributed by atoms with Gasteiger partial charge in [0.25, 0.3) is 0 Å². The number of rotatable bonds is 1. The van der Waals surface area contributed by atoms with Crippen molar-refractivity contribution in [1.29, 1.82) is 0 Å². The van der Waals surface area contributed by atoms with Gasteiger partial charge in [-0.2, -0.15) is 0 Å². The minimum Gasteiger partial charge on any atom is -0.462 e. The maximum Gasteiger partial charge on any atom is 0.306 e. The van der Waals surface area contributed by atoms with E-state index in [4.69, 9.17) is 4.74 Å². The van der Waals surface area contributed by atoms with Gasteiger partial charge in [-0.15, -0.1) is 0 Å². The van der Waals surface area contributed by atoms with Gasteiger partial charge in [-0.1, -0.05) is 27.7 Å². The van der Waals surface area contributed by atoms with E-state index in [0.29, 0.717) is 12.3 Å². The molecule has 0 spiro atoms. The Hall–Kier alpha value is -0.530. The lowest BCUT2D eigenvalue weighted by Crippen LogP contribution is -2.44. The fourth-order valence-electron chi connectivity index (χ4n) is 1.80. The maximum absolute atomic E-state index is 11.1. The largest absolute Gasteiger partial charge is 0.462 e. The quantitative estimate of drug-likeness (QED) is 0.565. The number of esters is 1. The van der Waals surface area contributed by atoms with Gasteiger partial charge in [0.05, 0.1) is 0 Å². The third-order valence-corrected chi connectivity index (χ3v) is 3.22. The third-order valence-electron chi connectivity index (χ3n) is 3.22. The predicted molar refractivity (Wildman–Crippen MR) is 47.7 cm³/mol. The predicted octanol–water partition coefficient (Wildman–Crippen LogP) is 2.37. The van der Waals surface area contributed by atoms with Crippen molar-refractivity contribution in [3.05, 3.63) is 0 Å². The summed E-state index contributed by atoms with van der Waals surface area (Å²) in [6.45, 7) is 8.55. The van der Waals surface area contributed by atoms with Gasteiger partial charge in [0.1, 0.15) is 6.10 Å². The number of hydrogen-bond acceptors (Lipinski definition) is 2. The molecule has 1 saturated heterocycles. The van der Waals surface area contributed by atoms with Gasteiger partial charge in [0.2, 0.25) is 0 Å². The number of cyclic esters (lactones) is 1. The van der Waals surface area contributed by atoms with Crippen LogP contribution >= 0.6 is 0 Å². The molecule has 0 aliphatic carbocycles. The van der Waals surface area contributed by atoms with E-state index in [1.165, 1.54) is 0 Å². The summed E-state index contributed by atoms with van der Waals surface area (Å²) in [5, 5.41) is 0. The topological polar surface area (TPSA) is 26.3 Å². The highest BCUT2D eigenvalue weighted by Crippen LogP contribution is 2.39. The molecule has 12 heavy (non-hydrogen) atoms. The molecule has 0 aromatic carbocycles. The average Bonchev–Trinajstić information content (AvgIpc) is 1.97. The highest BCUT2D eigenvalue weighted by Gasteiger charge is 2.41. The SMILES string of the molecule is CCC1OC(=O)CC(C)C1(C)C. The van der Waals surface area contributed by atoms with Crippen LogP contribution in [0.4, 0.5) is 0 Å². The fourth-order valence-corrected chi connectivity index (χ4v) is 1.80. The second kappa shape index (κ2) is 3.08. The third kappa shape index (κ3) is 1.47. The summed E-state index contributed by atoms with van der Waals surface area (Å²) in [5.41, 5.74) is 0.142. The van der Waals surface area contributed by atoms with E-state index in [1.807, 2.05) is 0 Å². The summed E-state index contributed by atoms with van der Waals surface area (Å²) in [6, 6.07) is 0. The lowest BCUT2D eigenvalue weighted by Gasteiger charge is -2.42. The molecule has 2 unspecified atom stereocenters. The average molecular weight is 170 g/mol. The molecular formula is C10H18O2. The lowest BCUT2D eigenvalue weighted by molar-refractivity contribution is -0.171. The number of ether oxygens (including phenoxy) is 1. The smallest absolute Gasteiger partial charge is 0.306 e. The van der Waals surface area contributed by atoms with Crippen LogP contribution in [0.3, 0.4) is 0 Å². The van der Waals surface area contributed by atoms with Gasteiger partial charge in [-0.05, 0) is 12.3 Å². The molecule has 0 saturated carbocycles. The second-order valence-corrected chi connectivity index (χ2v) is 4.31. The molecule has 0 N–H and O–H groups in total. The number of carbonyl (C=O) groups excluding carboxylic acids is 1. The van der Waals surface area contributed by atoms with Crippen LogP contribution in [-0.2, 0) is 9.53 Å². The Labute approximate surface area is 74.3 Å². The molecule has 1 aliphatic heterocycles. The van der Waals surface area contributed by atoms with Crippen molar-refractivity contribution in [2.24, 2.45) is 11.3 Å². The van der Waals surface area contributed by atoms with E-state index in [1.54, 1.807) is 0 Å². The minimum absolute atomic E-state index is 0.0336. The molecule has 0 amide bonds. The number of carbonyl (C=O) groups is 1. The Bertz CT molecular complexity index is 184. The molecule has 0 aromatic heterocycles. The second-order valence-electron chi connectivity index (χ2n) is 4.31. The van der Waals surface area contributed by atoms with E-state index in [-0.39, 0.29) is 17.5 Å². The zero-order chi connectivity index (χ0) is 9.35. The zero-order valence-electron chi connectivity index (χ0n) is 8.39. The molecule has 70 valence electrons. The van der Waals surface area contributed by atoms with Crippen LogP contribution in [0.25, 0.3) is 0 Å². The van der Waals surface area contributed by atoms with Crippen LogP contribution in [-0.4, -0.2) is 12.1 Å². The molecule has 1 rings (SSSR count). The molecule has 1 aliphatic rings. The molecule has 0 aromatic rings. The maximum atomic E-state index is 11.1. The van der Waals surface area contributed by atoms with Crippen LogP contribution in [0.2, 0.25) is 0 Å². The minimum atomic E-state index is -0.0336. The summed E-state index contributed by atoms with van der Waals surface area (Å²) in [4.78, 5) is 11.1. The molecular weight excluding hydrogens is 152 g/mol. The van der Waals surface area contributed by atoms with E-state index in [9.17, 15) is 4.79 Å². The first kappa shape index (κ1) is 9.56. The molecule has 2 atom stereocenters. The fraction of sp³-hybridized carbons (Fsp3) is 0.900. The Morgan fingerprint density at radius 2 is 2.17 bits per heavy atom. The van der Waals surface area contributed by atoms with Gasteiger partial charge in [-0.3, -0.25) is 4.79 Å². The number of hydrogen-bond donors (Lipinski definition) is 0. The Kier molecular flexibility index (Phi) is 2.45. The highest BCUT2D eigenvalue weighted by atomic mass is 16.5. The van der Waals surface area contributed by atoms with Crippen LogP contribution in [0, 0.1) is 11.3 Å². The lowest BCUT2D eigenvalue weighted by atomic mass is 9.71. The molecule has 0 bridgehead atoms. The van der Waals surface area contributed by atoms with Crippen molar-refractivity contribution in [2.75, 3.05) is 0 Å². The summed E-state index contributed by atoms with van der Waals surface area (Å²) in [5.74, 6) is 0.400. The standard InChI is InChI=1S/C10H18O2/c1-5-8-10(3,4)7(2)6-9(11)12-8/h7-8H,5-6H2,1-4H3. The van der Waals surface area contributed by atoms with E-state index in [2.05, 4.69) is 27.7 Å². The van der Waals surface area contributed by atoms with E-state index >= 15 is 0 Å². The molecule has 1 heterocycles. The van der Waals surface area contributed by atoms with Crippen LogP contribution in [0.15, 0.2) is 0 Å². The van der Waals surface area contributed by atoms with Crippen molar-refractivity contribution in [2.45, 2.75) is 46.6 Å². The normalized spacial score (nSPS) is 34.5. The Balaban J connectivity index is 2.77. The van der Waals surface area contributed by atoms with Crippen molar-refractivity contribution < 1.29 is 9.53 Å². The van der Waals surface area contributed by atoms with Crippen LogP contribution < -0.4 is 0 Å². The Morgan fingerprint density at radius 1 is 1.58 bits per heavy atom. The summed E-state index contributed by atoms with van der Waals surface area (Å²) >= 11 is 0.